The molecule has 0 spiro atoms. The van der Waals surface area contributed by atoms with Crippen LogP contribution >= 0.6 is 15.9 Å². The molecule has 21 heavy (non-hydrogen) atoms. The highest BCUT2D eigenvalue weighted by atomic mass is 79.9. The first-order valence-electron chi connectivity index (χ1n) is 6.13. The predicted octanol–water partition coefficient (Wildman–Crippen LogP) is 1.85. The molecule has 1 N–H and O–H groups in total. The summed E-state index contributed by atoms with van der Waals surface area (Å²) in [7, 11) is 1.54. The molecule has 0 aliphatic carbocycles. The molecule has 2 rings (SSSR count). The van der Waals surface area contributed by atoms with Crippen LogP contribution in [0.25, 0.3) is 6.08 Å². The fourth-order valence-corrected chi connectivity index (χ4v) is 2.15. The zero-order valence-electron chi connectivity index (χ0n) is 11.3. The van der Waals surface area contributed by atoms with Crippen molar-refractivity contribution in [1.82, 2.24) is 5.32 Å². The van der Waals surface area contributed by atoms with Crippen molar-refractivity contribution < 1.29 is 19.0 Å². The van der Waals surface area contributed by atoms with Gasteiger partial charge in [0.05, 0.1) is 6.61 Å². The molecular formula is C14H13BrN2O4. The lowest BCUT2D eigenvalue weighted by Crippen LogP contribution is -2.27. The third-order valence-corrected chi connectivity index (χ3v) is 3.44. The van der Waals surface area contributed by atoms with Crippen LogP contribution in [-0.4, -0.2) is 33.0 Å². The second kappa shape index (κ2) is 7.11. The molecule has 0 aromatic heterocycles. The van der Waals surface area contributed by atoms with E-state index >= 15 is 0 Å². The molecule has 0 saturated heterocycles. The van der Waals surface area contributed by atoms with E-state index in [4.69, 9.17) is 19.5 Å². The van der Waals surface area contributed by atoms with Gasteiger partial charge in [0.2, 0.25) is 6.79 Å². The minimum absolute atomic E-state index is 0.00525. The number of rotatable bonds is 5. The quantitative estimate of drug-likeness (QED) is 0.496. The topological polar surface area (TPSA) is 80.6 Å². The van der Waals surface area contributed by atoms with Gasteiger partial charge in [0.15, 0.2) is 11.5 Å². The molecule has 7 heteroatoms. The molecule has 1 aliphatic heterocycles. The van der Waals surface area contributed by atoms with Gasteiger partial charge in [-0.15, -0.1) is 0 Å². The van der Waals surface area contributed by atoms with Crippen molar-refractivity contribution in [2.75, 3.05) is 27.1 Å². The molecule has 1 aromatic carbocycles. The standard InChI is InChI=1S/C14H13BrN2O4/c1-19-3-2-17-14(18)10(7-16)4-9-5-12-13(6-11(9)15)21-8-20-12/h4-6H,2-3,8H2,1H3,(H,17,18). The summed E-state index contributed by atoms with van der Waals surface area (Å²) in [6, 6.07) is 5.34. The number of fused-ring (bicyclic) bond motifs is 1. The molecule has 6 nitrogen and oxygen atoms in total. The van der Waals surface area contributed by atoms with Crippen LogP contribution in [0.5, 0.6) is 11.5 Å². The van der Waals surface area contributed by atoms with Crippen LogP contribution in [0.15, 0.2) is 22.2 Å². The SMILES string of the molecule is COCCNC(=O)C(C#N)=Cc1cc2c(cc1Br)OCO2. The smallest absolute Gasteiger partial charge is 0.262 e. The van der Waals surface area contributed by atoms with Gasteiger partial charge in [0, 0.05) is 18.1 Å². The summed E-state index contributed by atoms with van der Waals surface area (Å²) in [5, 5.41) is 11.7. The van der Waals surface area contributed by atoms with E-state index < -0.39 is 5.91 Å². The lowest BCUT2D eigenvalue weighted by molar-refractivity contribution is -0.117. The van der Waals surface area contributed by atoms with E-state index in [0.717, 1.165) is 0 Å². The molecular weight excluding hydrogens is 340 g/mol. The molecule has 0 fully saturated rings. The van der Waals surface area contributed by atoms with Crippen molar-refractivity contribution in [1.29, 1.82) is 5.26 Å². The first-order valence-corrected chi connectivity index (χ1v) is 6.93. The van der Waals surface area contributed by atoms with Crippen LogP contribution in [0.4, 0.5) is 0 Å². The number of nitrogens with one attached hydrogen (secondary N) is 1. The van der Waals surface area contributed by atoms with Gasteiger partial charge in [0.25, 0.3) is 5.91 Å². The Morgan fingerprint density at radius 2 is 2.24 bits per heavy atom. The number of carbonyl (C=O) groups excluding carboxylic acids is 1. The first kappa shape index (κ1) is 15.4. The molecule has 1 heterocycles. The van der Waals surface area contributed by atoms with E-state index in [9.17, 15) is 4.79 Å². The number of methoxy groups -OCH3 is 1. The Hall–Kier alpha value is -2.04. The predicted molar refractivity (Wildman–Crippen MR) is 78.7 cm³/mol. The van der Waals surface area contributed by atoms with Crippen molar-refractivity contribution >= 4 is 27.9 Å². The molecule has 0 unspecified atom stereocenters. The van der Waals surface area contributed by atoms with Gasteiger partial charge in [-0.1, -0.05) is 15.9 Å². The molecule has 110 valence electrons. The minimum Gasteiger partial charge on any atom is -0.454 e. The number of hydrogen-bond donors (Lipinski definition) is 1. The summed E-state index contributed by atoms with van der Waals surface area (Å²) in [5.74, 6) is 0.766. The van der Waals surface area contributed by atoms with E-state index in [-0.39, 0.29) is 12.4 Å². The third-order valence-electron chi connectivity index (χ3n) is 2.75. The van der Waals surface area contributed by atoms with E-state index in [1.165, 1.54) is 13.2 Å². The minimum atomic E-state index is -0.445. The normalized spacial score (nSPS) is 12.9. The summed E-state index contributed by atoms with van der Waals surface area (Å²) in [6.07, 6.45) is 1.49. The van der Waals surface area contributed by atoms with E-state index in [0.29, 0.717) is 34.7 Å². The maximum absolute atomic E-state index is 11.9. The van der Waals surface area contributed by atoms with Crippen molar-refractivity contribution in [3.8, 4) is 17.6 Å². The average molecular weight is 353 g/mol. The number of amides is 1. The fraction of sp³-hybridized carbons (Fsp3) is 0.286. The molecule has 1 aromatic rings. The van der Waals surface area contributed by atoms with Gasteiger partial charge in [-0.05, 0) is 23.8 Å². The third kappa shape index (κ3) is 3.74. The first-order chi connectivity index (χ1) is 10.2. The van der Waals surface area contributed by atoms with Crippen LogP contribution in [0.3, 0.4) is 0 Å². The Morgan fingerprint density at radius 1 is 1.52 bits per heavy atom. The summed E-state index contributed by atoms with van der Waals surface area (Å²) in [6.45, 7) is 0.895. The maximum Gasteiger partial charge on any atom is 0.262 e. The highest BCUT2D eigenvalue weighted by Gasteiger charge is 2.17. The zero-order chi connectivity index (χ0) is 15.2. The van der Waals surface area contributed by atoms with Crippen LogP contribution in [-0.2, 0) is 9.53 Å². The number of nitrogens with zero attached hydrogens (tertiary/aromatic N) is 1. The van der Waals surface area contributed by atoms with Crippen molar-refractivity contribution in [3.63, 3.8) is 0 Å². The lowest BCUT2D eigenvalue weighted by atomic mass is 10.1. The molecule has 1 aliphatic rings. The highest BCUT2D eigenvalue weighted by molar-refractivity contribution is 9.10. The van der Waals surface area contributed by atoms with Crippen molar-refractivity contribution in [3.05, 3.63) is 27.7 Å². The van der Waals surface area contributed by atoms with Crippen LogP contribution < -0.4 is 14.8 Å². The zero-order valence-corrected chi connectivity index (χ0v) is 12.9. The number of hydrogen-bond acceptors (Lipinski definition) is 5. The van der Waals surface area contributed by atoms with Crippen LogP contribution in [0.2, 0.25) is 0 Å². The molecule has 0 radical (unpaired) electrons. The monoisotopic (exact) mass is 352 g/mol. The van der Waals surface area contributed by atoms with E-state index in [1.54, 1.807) is 12.1 Å². The summed E-state index contributed by atoms with van der Waals surface area (Å²) in [5.41, 5.74) is 0.670. The Kier molecular flexibility index (Phi) is 5.20. The molecule has 0 saturated carbocycles. The second-order valence-electron chi connectivity index (χ2n) is 4.15. The lowest BCUT2D eigenvalue weighted by Gasteiger charge is -2.05. The van der Waals surface area contributed by atoms with Crippen molar-refractivity contribution in [2.45, 2.75) is 0 Å². The van der Waals surface area contributed by atoms with Crippen molar-refractivity contribution in [2.24, 2.45) is 0 Å². The molecule has 0 bridgehead atoms. The van der Waals surface area contributed by atoms with Gasteiger partial charge in [-0.2, -0.15) is 5.26 Å². The van der Waals surface area contributed by atoms with Gasteiger partial charge in [0.1, 0.15) is 11.6 Å². The summed E-state index contributed by atoms with van der Waals surface area (Å²) < 4.78 is 16.1. The van der Waals surface area contributed by atoms with E-state index in [2.05, 4.69) is 21.2 Å². The molecule has 1 amide bonds. The van der Waals surface area contributed by atoms with Gasteiger partial charge in [-0.3, -0.25) is 4.79 Å². The number of halogens is 1. The Balaban J connectivity index is 2.20. The maximum atomic E-state index is 11.9. The number of benzene rings is 1. The van der Waals surface area contributed by atoms with Crippen LogP contribution in [0, 0.1) is 11.3 Å². The van der Waals surface area contributed by atoms with Gasteiger partial charge in [-0.25, -0.2) is 0 Å². The second-order valence-corrected chi connectivity index (χ2v) is 5.00. The van der Waals surface area contributed by atoms with Gasteiger partial charge >= 0.3 is 0 Å². The fourth-order valence-electron chi connectivity index (χ4n) is 1.71. The van der Waals surface area contributed by atoms with Gasteiger partial charge < -0.3 is 19.5 Å². The Bertz CT molecular complexity index is 622. The average Bonchev–Trinajstić information content (AvgIpc) is 2.91. The number of nitriles is 1. The Labute approximate surface area is 130 Å². The number of carbonyl (C=O) groups is 1. The largest absolute Gasteiger partial charge is 0.454 e. The molecule has 0 atom stereocenters. The summed E-state index contributed by atoms with van der Waals surface area (Å²) in [4.78, 5) is 11.9. The number of ether oxygens (including phenoxy) is 3. The summed E-state index contributed by atoms with van der Waals surface area (Å²) >= 11 is 3.38. The van der Waals surface area contributed by atoms with E-state index in [1.807, 2.05) is 6.07 Å². The van der Waals surface area contributed by atoms with Crippen LogP contribution in [0.1, 0.15) is 5.56 Å². The Morgan fingerprint density at radius 3 is 2.90 bits per heavy atom. The highest BCUT2D eigenvalue weighted by Crippen LogP contribution is 2.37.